The zero-order valence-corrected chi connectivity index (χ0v) is 23.7. The molecule has 7 nitrogen and oxygen atoms in total. The third-order valence-corrected chi connectivity index (χ3v) is 11.6. The second kappa shape index (κ2) is 11.6. The van der Waals surface area contributed by atoms with Crippen LogP contribution in [0.4, 0.5) is 0 Å². The molecule has 4 rings (SSSR count). The molecule has 3 unspecified atom stereocenters. The van der Waals surface area contributed by atoms with Crippen molar-refractivity contribution in [2.24, 2.45) is 11.8 Å². The smallest absolute Gasteiger partial charge is 0.247 e. The Morgan fingerprint density at radius 1 is 1.19 bits per heavy atom. The van der Waals surface area contributed by atoms with Gasteiger partial charge in [-0.05, 0) is 25.7 Å². The Balaban J connectivity index is 1.73. The number of likely N-dealkylation sites (tertiary alicyclic amines) is 1. The molecule has 0 aromatic heterocycles. The number of halogens is 1. The molecule has 3 amide bonds. The van der Waals surface area contributed by atoms with Crippen molar-refractivity contribution >= 4 is 45.4 Å². The van der Waals surface area contributed by atoms with E-state index >= 15 is 0 Å². The number of carbonyl (C=O) groups is 3. The number of carbonyl (C=O) groups excluding carboxylic acids is 3. The number of hydrogen-bond donors (Lipinski definition) is 1. The molecule has 3 saturated heterocycles. The summed E-state index contributed by atoms with van der Waals surface area (Å²) in [5.41, 5.74) is 0. The molecular formula is C27H40BrN3O4S. The normalized spacial score (nSPS) is 33.5. The molecule has 3 heterocycles. The van der Waals surface area contributed by atoms with Crippen LogP contribution in [0.1, 0.15) is 51.9 Å². The van der Waals surface area contributed by atoms with Crippen molar-refractivity contribution in [1.29, 1.82) is 0 Å². The van der Waals surface area contributed by atoms with Crippen LogP contribution in [0, 0.1) is 11.8 Å². The lowest BCUT2D eigenvalue weighted by atomic mass is 9.70. The van der Waals surface area contributed by atoms with Crippen LogP contribution < -0.4 is 0 Å². The van der Waals surface area contributed by atoms with Crippen LogP contribution >= 0.6 is 27.7 Å². The summed E-state index contributed by atoms with van der Waals surface area (Å²) in [6.45, 7) is 11.1. The summed E-state index contributed by atoms with van der Waals surface area (Å²) in [4.78, 5) is 47.6. The van der Waals surface area contributed by atoms with Gasteiger partial charge in [-0.3, -0.25) is 14.4 Å². The van der Waals surface area contributed by atoms with Gasteiger partial charge >= 0.3 is 0 Å². The topological polar surface area (TPSA) is 81.2 Å². The van der Waals surface area contributed by atoms with Gasteiger partial charge in [-0.15, -0.1) is 24.9 Å². The molecular weight excluding hydrogens is 542 g/mol. The molecule has 3 aliphatic heterocycles. The lowest BCUT2D eigenvalue weighted by molar-refractivity contribution is -0.145. The van der Waals surface area contributed by atoms with Crippen LogP contribution in [0.25, 0.3) is 0 Å². The largest absolute Gasteiger partial charge is 0.395 e. The minimum atomic E-state index is -0.684. The molecule has 0 aromatic carbocycles. The SMILES string of the molecule is C=CCN(CCC)C(=O)[C@H]1[C@@H]2SC3(CC2Br)C(C(=O)N(CC=C)C2CCCCC2)N(CCO)C(=O)[C@H]13. The highest BCUT2D eigenvalue weighted by Gasteiger charge is 2.76. The van der Waals surface area contributed by atoms with E-state index in [9.17, 15) is 19.5 Å². The molecule has 4 aliphatic rings. The molecule has 1 N–H and O–H groups in total. The first-order chi connectivity index (χ1) is 17.4. The van der Waals surface area contributed by atoms with Gasteiger partial charge in [0.25, 0.3) is 0 Å². The van der Waals surface area contributed by atoms with Crippen LogP contribution in [0.5, 0.6) is 0 Å². The predicted octanol–water partition coefficient (Wildman–Crippen LogP) is 3.22. The van der Waals surface area contributed by atoms with Gasteiger partial charge in [-0.2, -0.15) is 0 Å². The molecule has 4 fully saturated rings. The predicted molar refractivity (Wildman–Crippen MR) is 147 cm³/mol. The summed E-state index contributed by atoms with van der Waals surface area (Å²) in [6.07, 6.45) is 10.3. The third kappa shape index (κ3) is 4.57. The van der Waals surface area contributed by atoms with E-state index in [1.807, 2.05) is 11.8 Å². The fourth-order valence-electron chi connectivity index (χ4n) is 7.08. The molecule has 6 atom stereocenters. The lowest BCUT2D eigenvalue weighted by Gasteiger charge is -2.41. The number of aliphatic hydroxyl groups is 1. The average molecular weight is 583 g/mol. The summed E-state index contributed by atoms with van der Waals surface area (Å²) in [5.74, 6) is -1.29. The number of rotatable bonds is 11. The highest BCUT2D eigenvalue weighted by molar-refractivity contribution is 9.09. The number of aliphatic hydroxyl groups excluding tert-OH is 1. The van der Waals surface area contributed by atoms with Crippen molar-refractivity contribution in [2.45, 2.75) is 78.8 Å². The van der Waals surface area contributed by atoms with E-state index in [1.165, 1.54) is 6.42 Å². The fraction of sp³-hybridized carbons (Fsp3) is 0.741. The monoisotopic (exact) mass is 581 g/mol. The van der Waals surface area contributed by atoms with Crippen molar-refractivity contribution in [2.75, 3.05) is 32.8 Å². The van der Waals surface area contributed by atoms with E-state index in [0.29, 0.717) is 26.1 Å². The van der Waals surface area contributed by atoms with Crippen molar-refractivity contribution < 1.29 is 19.5 Å². The molecule has 1 spiro atoms. The van der Waals surface area contributed by atoms with Gasteiger partial charge in [-0.1, -0.05) is 54.3 Å². The minimum absolute atomic E-state index is 0.0223. The Morgan fingerprint density at radius 3 is 2.50 bits per heavy atom. The fourth-order valence-corrected chi connectivity index (χ4v) is 10.7. The van der Waals surface area contributed by atoms with Gasteiger partial charge in [0.15, 0.2) is 0 Å². The number of thioether (sulfide) groups is 1. The molecule has 200 valence electrons. The average Bonchev–Trinajstić information content (AvgIpc) is 3.46. The van der Waals surface area contributed by atoms with Gasteiger partial charge in [0, 0.05) is 42.3 Å². The van der Waals surface area contributed by atoms with Crippen molar-refractivity contribution in [3.8, 4) is 0 Å². The zero-order valence-electron chi connectivity index (χ0n) is 21.3. The summed E-state index contributed by atoms with van der Waals surface area (Å²) in [6, 6.07) is -0.546. The minimum Gasteiger partial charge on any atom is -0.395 e. The molecule has 9 heteroatoms. The quantitative estimate of drug-likeness (QED) is 0.299. The first kappa shape index (κ1) is 27.7. The highest BCUT2D eigenvalue weighted by atomic mass is 79.9. The maximum atomic E-state index is 14.4. The number of fused-ring (bicyclic) bond motifs is 1. The van der Waals surface area contributed by atoms with E-state index in [-0.39, 0.29) is 47.0 Å². The van der Waals surface area contributed by atoms with Crippen LogP contribution in [-0.4, -0.2) is 97.2 Å². The Labute approximate surface area is 227 Å². The summed E-state index contributed by atoms with van der Waals surface area (Å²) < 4.78 is -0.678. The molecule has 1 aliphatic carbocycles. The molecule has 1 saturated carbocycles. The maximum absolute atomic E-state index is 14.4. The van der Waals surface area contributed by atoms with Crippen LogP contribution in [0.15, 0.2) is 25.3 Å². The second-order valence-corrected chi connectivity index (χ2v) is 13.3. The van der Waals surface area contributed by atoms with E-state index in [0.717, 1.165) is 32.1 Å². The van der Waals surface area contributed by atoms with Crippen LogP contribution in [0.2, 0.25) is 0 Å². The Kier molecular flexibility index (Phi) is 8.93. The van der Waals surface area contributed by atoms with Crippen molar-refractivity contribution in [3.63, 3.8) is 0 Å². The van der Waals surface area contributed by atoms with Gasteiger partial charge < -0.3 is 19.8 Å². The van der Waals surface area contributed by atoms with Gasteiger partial charge in [0.1, 0.15) is 6.04 Å². The molecule has 36 heavy (non-hydrogen) atoms. The number of nitrogens with zero attached hydrogens (tertiary/aromatic N) is 3. The summed E-state index contributed by atoms with van der Waals surface area (Å²) in [7, 11) is 0. The summed E-state index contributed by atoms with van der Waals surface area (Å²) >= 11 is 5.49. The third-order valence-electron chi connectivity index (χ3n) is 8.43. The highest BCUT2D eigenvalue weighted by Crippen LogP contribution is 2.68. The van der Waals surface area contributed by atoms with E-state index < -0.39 is 22.6 Å². The zero-order chi connectivity index (χ0) is 26.0. The molecule has 0 aromatic rings. The second-order valence-electron chi connectivity index (χ2n) is 10.6. The van der Waals surface area contributed by atoms with Crippen molar-refractivity contribution in [1.82, 2.24) is 14.7 Å². The van der Waals surface area contributed by atoms with E-state index in [2.05, 4.69) is 29.1 Å². The van der Waals surface area contributed by atoms with E-state index in [4.69, 9.17) is 0 Å². The maximum Gasteiger partial charge on any atom is 0.247 e. The van der Waals surface area contributed by atoms with Crippen LogP contribution in [-0.2, 0) is 14.4 Å². The van der Waals surface area contributed by atoms with Gasteiger partial charge in [0.05, 0.1) is 23.2 Å². The number of β-amino-alcohol motifs (C(OH)–C–C–N with tert-alkyl or cyclic N) is 1. The van der Waals surface area contributed by atoms with Gasteiger partial charge in [0.2, 0.25) is 17.7 Å². The Morgan fingerprint density at radius 2 is 1.89 bits per heavy atom. The number of alkyl halides is 1. The lowest BCUT2D eigenvalue weighted by Crippen LogP contribution is -2.58. The molecule has 2 bridgehead atoms. The van der Waals surface area contributed by atoms with Crippen LogP contribution in [0.3, 0.4) is 0 Å². The van der Waals surface area contributed by atoms with E-state index in [1.54, 1.807) is 33.7 Å². The molecule has 0 radical (unpaired) electrons. The first-order valence-electron chi connectivity index (χ1n) is 13.4. The number of hydrogen-bond acceptors (Lipinski definition) is 5. The number of amides is 3. The first-order valence-corrected chi connectivity index (χ1v) is 15.2. The van der Waals surface area contributed by atoms with Crippen molar-refractivity contribution in [3.05, 3.63) is 25.3 Å². The standard InChI is InChI=1S/C27H40BrN3O4S/c1-4-12-29(13-5-2)24(33)20-21-25(34)31(15-16-32)23(27(21)17-19(28)22(20)36-27)26(35)30(14-6-3)18-10-8-7-9-11-18/h4,6,18-23,32H,1,3,5,7-17H2,2H3/t19?,20-,21+,22-,23?,27?/m1/s1. The summed E-state index contributed by atoms with van der Waals surface area (Å²) in [5, 5.41) is 9.82. The van der Waals surface area contributed by atoms with Gasteiger partial charge in [-0.25, -0.2) is 0 Å². The Bertz CT molecular complexity index is 881. The Hall–Kier alpha value is -1.32.